The lowest BCUT2D eigenvalue weighted by atomic mass is 9.76. The van der Waals surface area contributed by atoms with E-state index in [2.05, 4.69) is 79.5 Å². The van der Waals surface area contributed by atoms with Crippen LogP contribution in [0.5, 0.6) is 23.0 Å². The van der Waals surface area contributed by atoms with Crippen LogP contribution >= 0.6 is 23.5 Å². The van der Waals surface area contributed by atoms with Crippen molar-refractivity contribution in [2.24, 2.45) is 0 Å². The number of hydrogen-bond acceptors (Lipinski definition) is 7. The Morgan fingerprint density at radius 3 is 1.86 bits per heavy atom. The number of methoxy groups -OCH3 is 4. The molecule has 1 aliphatic heterocycles. The molecule has 1 aliphatic carbocycles. The molecule has 0 unspecified atom stereocenters. The van der Waals surface area contributed by atoms with Gasteiger partial charge in [-0.1, -0.05) is 25.0 Å². The van der Waals surface area contributed by atoms with E-state index in [0.717, 1.165) is 29.5 Å². The monoisotopic (exact) mass is 545 g/mol. The van der Waals surface area contributed by atoms with E-state index < -0.39 is 0 Å². The lowest BCUT2D eigenvalue weighted by Crippen LogP contribution is -2.57. The van der Waals surface area contributed by atoms with Crippen LogP contribution in [0, 0.1) is 0 Å². The van der Waals surface area contributed by atoms with Crippen molar-refractivity contribution in [3.8, 4) is 23.0 Å². The van der Waals surface area contributed by atoms with Gasteiger partial charge >= 0.3 is 0 Å². The van der Waals surface area contributed by atoms with Gasteiger partial charge in [-0.15, -0.1) is 23.5 Å². The van der Waals surface area contributed by atoms with Crippen molar-refractivity contribution in [3.05, 3.63) is 47.5 Å². The van der Waals surface area contributed by atoms with Crippen molar-refractivity contribution in [2.75, 3.05) is 46.5 Å². The summed E-state index contributed by atoms with van der Waals surface area (Å²) in [5.41, 5.74) is 2.40. The third kappa shape index (κ3) is 5.55. The minimum absolute atomic E-state index is 0.0406. The molecule has 37 heavy (non-hydrogen) atoms. The summed E-state index contributed by atoms with van der Waals surface area (Å²) in [5, 5.41) is 0. The first-order valence-electron chi connectivity index (χ1n) is 13.2. The predicted molar refractivity (Wildman–Crippen MR) is 157 cm³/mol. The van der Waals surface area contributed by atoms with Crippen LogP contribution < -0.4 is 18.9 Å². The molecule has 2 aromatic carbocycles. The molecular weight excluding hydrogens is 502 g/mol. The van der Waals surface area contributed by atoms with Crippen molar-refractivity contribution in [1.82, 2.24) is 4.90 Å². The summed E-state index contributed by atoms with van der Waals surface area (Å²) in [6, 6.07) is 13.0. The molecule has 4 rings (SSSR count). The van der Waals surface area contributed by atoms with Gasteiger partial charge in [-0.3, -0.25) is 4.90 Å². The second-order valence-electron chi connectivity index (χ2n) is 10.7. The van der Waals surface area contributed by atoms with Gasteiger partial charge in [0.15, 0.2) is 23.0 Å². The molecular formula is C30H43NO4S2. The van der Waals surface area contributed by atoms with E-state index in [1.807, 2.05) is 6.07 Å². The summed E-state index contributed by atoms with van der Waals surface area (Å²) in [7, 11) is 6.84. The molecule has 204 valence electrons. The van der Waals surface area contributed by atoms with E-state index in [0.29, 0.717) is 0 Å². The Hall–Kier alpha value is -1.70. The predicted octanol–water partition coefficient (Wildman–Crippen LogP) is 7.31. The summed E-state index contributed by atoms with van der Waals surface area (Å²) in [5.74, 6) is 5.50. The number of nitrogens with zero attached hydrogens (tertiary/aromatic N) is 1. The van der Waals surface area contributed by atoms with Crippen molar-refractivity contribution in [3.63, 3.8) is 0 Å². The Balaban J connectivity index is 1.81. The molecule has 7 heteroatoms. The van der Waals surface area contributed by atoms with E-state index in [1.54, 1.807) is 28.4 Å². The van der Waals surface area contributed by atoms with Gasteiger partial charge in [0.05, 0.1) is 28.4 Å². The number of rotatable bonds is 10. The Morgan fingerprint density at radius 1 is 0.757 bits per heavy atom. The largest absolute Gasteiger partial charge is 0.493 e. The molecule has 0 atom stereocenters. The molecule has 0 amide bonds. The second kappa shape index (κ2) is 11.6. The van der Waals surface area contributed by atoms with Crippen LogP contribution in [0.15, 0.2) is 36.4 Å². The molecule has 1 saturated carbocycles. The van der Waals surface area contributed by atoms with Crippen LogP contribution in [0.4, 0.5) is 0 Å². The summed E-state index contributed by atoms with van der Waals surface area (Å²) in [4.78, 5) is 2.78. The highest BCUT2D eigenvalue weighted by Gasteiger charge is 2.49. The molecule has 2 aliphatic rings. The first-order valence-corrected chi connectivity index (χ1v) is 15.2. The van der Waals surface area contributed by atoms with E-state index in [-0.39, 0.29) is 15.2 Å². The number of benzene rings is 2. The topological polar surface area (TPSA) is 40.2 Å². The van der Waals surface area contributed by atoms with Crippen LogP contribution in [0.2, 0.25) is 0 Å². The lowest BCUT2D eigenvalue weighted by molar-refractivity contribution is 0.0660. The summed E-state index contributed by atoms with van der Waals surface area (Å²) < 4.78 is 22.5. The van der Waals surface area contributed by atoms with Crippen molar-refractivity contribution in [1.29, 1.82) is 0 Å². The van der Waals surface area contributed by atoms with Gasteiger partial charge in [0.1, 0.15) is 4.20 Å². The SMILES string of the molecule is COc1ccc(C2(CN(C3(C)SCCCS3)C(C)(C)c3ccc(OC)c(OC)c3)CCCC2)cc1OC. The second-order valence-corrected chi connectivity index (χ2v) is 14.0. The maximum absolute atomic E-state index is 5.73. The molecule has 1 saturated heterocycles. The van der Waals surface area contributed by atoms with Gasteiger partial charge in [-0.2, -0.15) is 0 Å². The van der Waals surface area contributed by atoms with Crippen LogP contribution in [0.25, 0.3) is 0 Å². The maximum atomic E-state index is 5.73. The molecule has 0 radical (unpaired) electrons. The number of hydrogen-bond donors (Lipinski definition) is 0. The highest BCUT2D eigenvalue weighted by atomic mass is 32.2. The molecule has 0 N–H and O–H groups in total. The van der Waals surface area contributed by atoms with Gasteiger partial charge in [-0.25, -0.2) is 0 Å². The van der Waals surface area contributed by atoms with Crippen LogP contribution in [-0.4, -0.2) is 55.6 Å². The van der Waals surface area contributed by atoms with Crippen molar-refractivity contribution in [2.45, 2.75) is 68.0 Å². The highest BCUT2D eigenvalue weighted by molar-refractivity contribution is 8.18. The van der Waals surface area contributed by atoms with Gasteiger partial charge < -0.3 is 18.9 Å². The van der Waals surface area contributed by atoms with E-state index >= 15 is 0 Å². The third-order valence-corrected chi connectivity index (χ3v) is 11.5. The summed E-state index contributed by atoms with van der Waals surface area (Å²) >= 11 is 4.18. The minimum Gasteiger partial charge on any atom is -0.493 e. The Bertz CT molecular complexity index is 1060. The first-order chi connectivity index (χ1) is 17.7. The molecule has 0 aromatic heterocycles. The van der Waals surface area contributed by atoms with Crippen LogP contribution in [0.1, 0.15) is 64.0 Å². The fourth-order valence-electron chi connectivity index (χ4n) is 6.06. The van der Waals surface area contributed by atoms with E-state index in [4.69, 9.17) is 18.9 Å². The fourth-order valence-corrected chi connectivity index (χ4v) is 9.31. The Labute approximate surface area is 232 Å². The smallest absolute Gasteiger partial charge is 0.161 e. The third-order valence-electron chi connectivity index (χ3n) is 8.30. The van der Waals surface area contributed by atoms with Crippen LogP contribution in [0.3, 0.4) is 0 Å². The zero-order valence-electron chi connectivity index (χ0n) is 23.5. The minimum atomic E-state index is -0.238. The quantitative estimate of drug-likeness (QED) is 0.310. The highest BCUT2D eigenvalue weighted by Crippen LogP contribution is 2.54. The summed E-state index contributed by atoms with van der Waals surface area (Å²) in [6.45, 7) is 8.14. The fraction of sp³-hybridized carbons (Fsp3) is 0.600. The normalized spacial score (nSPS) is 19.0. The lowest BCUT2D eigenvalue weighted by Gasteiger charge is -2.54. The zero-order chi connectivity index (χ0) is 26.7. The Kier molecular flexibility index (Phi) is 8.86. The standard InChI is InChI=1S/C30H43NO4S2/c1-28(2,22-11-13-24(32-4)26(19-22)34-6)31(29(3)36-17-10-18-37-29)21-30(15-8-9-16-30)23-12-14-25(33-5)27(20-23)35-7/h11-14,19-20H,8-10,15-18,21H2,1-7H3. The van der Waals surface area contributed by atoms with E-state index in [1.165, 1.54) is 54.7 Å². The first kappa shape index (κ1) is 28.3. The molecule has 0 spiro atoms. The average Bonchev–Trinajstić information content (AvgIpc) is 3.41. The molecule has 1 heterocycles. The molecule has 5 nitrogen and oxygen atoms in total. The molecule has 2 aromatic rings. The number of thioether (sulfide) groups is 2. The van der Waals surface area contributed by atoms with E-state index in [9.17, 15) is 0 Å². The van der Waals surface area contributed by atoms with Crippen molar-refractivity contribution < 1.29 is 18.9 Å². The molecule has 0 bridgehead atoms. The van der Waals surface area contributed by atoms with Gasteiger partial charge in [-0.05, 0) is 86.9 Å². The Morgan fingerprint density at radius 2 is 1.30 bits per heavy atom. The molecule has 2 fully saturated rings. The van der Waals surface area contributed by atoms with Crippen molar-refractivity contribution >= 4 is 23.5 Å². The number of ether oxygens (including phenoxy) is 4. The van der Waals surface area contributed by atoms with Gasteiger partial charge in [0.25, 0.3) is 0 Å². The van der Waals surface area contributed by atoms with Crippen LogP contribution in [-0.2, 0) is 11.0 Å². The van der Waals surface area contributed by atoms with Gasteiger partial charge in [0, 0.05) is 17.5 Å². The maximum Gasteiger partial charge on any atom is 0.161 e. The van der Waals surface area contributed by atoms with Gasteiger partial charge in [0.2, 0.25) is 0 Å². The summed E-state index contributed by atoms with van der Waals surface area (Å²) in [6.07, 6.45) is 6.10. The average molecular weight is 546 g/mol. The zero-order valence-corrected chi connectivity index (χ0v) is 25.2.